The number of nitrogens with one attached hydrogen (secondary N) is 2. The van der Waals surface area contributed by atoms with Crippen molar-refractivity contribution in [2.45, 2.75) is 39.0 Å². The van der Waals surface area contributed by atoms with E-state index in [1.54, 1.807) is 0 Å². The molecule has 0 atom stereocenters. The average Bonchev–Trinajstić information content (AvgIpc) is 3.11. The fraction of sp³-hybridized carbons (Fsp3) is 0.258. The molecule has 3 aliphatic rings. The molecule has 6 nitrogen and oxygen atoms in total. The van der Waals surface area contributed by atoms with Gasteiger partial charge in [-0.3, -0.25) is 14.9 Å². The first-order valence-electron chi connectivity index (χ1n) is 12.9. The van der Waals surface area contributed by atoms with Crippen LogP contribution < -0.4 is 5.32 Å². The Hall–Kier alpha value is -4.03. The number of ether oxygens (including phenoxy) is 1. The second kappa shape index (κ2) is 11.8. The van der Waals surface area contributed by atoms with Gasteiger partial charge in [-0.25, -0.2) is 0 Å². The maximum atomic E-state index is 12.9. The molecule has 0 bridgehead atoms. The number of hydrogen-bond donors (Lipinski definition) is 2. The van der Waals surface area contributed by atoms with E-state index < -0.39 is 0 Å². The Morgan fingerprint density at radius 2 is 2.03 bits per heavy atom. The van der Waals surface area contributed by atoms with Crippen LogP contribution in [0.5, 0.6) is 0 Å². The summed E-state index contributed by atoms with van der Waals surface area (Å²) >= 11 is 0. The van der Waals surface area contributed by atoms with Crippen molar-refractivity contribution in [3.63, 3.8) is 0 Å². The maximum Gasteiger partial charge on any atom is 0.224 e. The molecule has 2 aliphatic carbocycles. The van der Waals surface area contributed by atoms with Gasteiger partial charge in [-0.2, -0.15) is 5.10 Å². The topological polar surface area (TPSA) is 79.9 Å². The molecule has 0 saturated heterocycles. The molecule has 0 aromatic carbocycles. The number of aromatic amines is 1. The molecule has 0 fully saturated rings. The van der Waals surface area contributed by atoms with Gasteiger partial charge in [-0.1, -0.05) is 60.2 Å². The number of pyridine rings is 1. The van der Waals surface area contributed by atoms with Crippen LogP contribution in [0.1, 0.15) is 43.4 Å². The van der Waals surface area contributed by atoms with Crippen LogP contribution in [0.4, 0.5) is 0 Å². The summed E-state index contributed by atoms with van der Waals surface area (Å²) in [7, 11) is 0. The van der Waals surface area contributed by atoms with Crippen molar-refractivity contribution in [1.82, 2.24) is 20.5 Å². The molecule has 0 spiro atoms. The molecule has 1 amide bonds. The van der Waals surface area contributed by atoms with Crippen LogP contribution >= 0.6 is 0 Å². The van der Waals surface area contributed by atoms with Crippen molar-refractivity contribution in [2.24, 2.45) is 0 Å². The summed E-state index contributed by atoms with van der Waals surface area (Å²) in [6, 6.07) is 5.95. The van der Waals surface area contributed by atoms with Gasteiger partial charge in [0.1, 0.15) is 5.69 Å². The van der Waals surface area contributed by atoms with Gasteiger partial charge in [-0.05, 0) is 62.0 Å². The highest BCUT2D eigenvalue weighted by molar-refractivity contribution is 5.85. The minimum absolute atomic E-state index is 0.0313. The van der Waals surface area contributed by atoms with Crippen LogP contribution in [0.3, 0.4) is 0 Å². The largest absolute Gasteiger partial charge is 0.381 e. The van der Waals surface area contributed by atoms with Gasteiger partial charge >= 0.3 is 0 Å². The summed E-state index contributed by atoms with van der Waals surface area (Å²) in [4.78, 5) is 17.5. The molecule has 188 valence electrons. The first-order valence-corrected chi connectivity index (χ1v) is 12.9. The van der Waals surface area contributed by atoms with Crippen molar-refractivity contribution in [2.75, 3.05) is 13.2 Å². The highest BCUT2D eigenvalue weighted by Gasteiger charge is 2.16. The fourth-order valence-electron chi connectivity index (χ4n) is 4.70. The van der Waals surface area contributed by atoms with Crippen molar-refractivity contribution >= 4 is 11.5 Å². The Labute approximate surface area is 217 Å². The molecule has 3 heterocycles. The molecular weight excluding hydrogens is 460 g/mol. The highest BCUT2D eigenvalue weighted by Crippen LogP contribution is 2.30. The van der Waals surface area contributed by atoms with Crippen LogP contribution in [0, 0.1) is 6.92 Å². The number of hydrogen-bond acceptors (Lipinski definition) is 4. The lowest BCUT2D eigenvalue weighted by molar-refractivity contribution is -0.120. The van der Waals surface area contributed by atoms with Gasteiger partial charge < -0.3 is 10.1 Å². The molecule has 6 heteroatoms. The molecule has 0 unspecified atom stereocenters. The minimum atomic E-state index is 0.0313. The smallest absolute Gasteiger partial charge is 0.224 e. The first-order chi connectivity index (χ1) is 18.2. The van der Waals surface area contributed by atoms with Crippen molar-refractivity contribution < 1.29 is 9.53 Å². The van der Waals surface area contributed by atoms with Crippen molar-refractivity contribution in [3.8, 4) is 11.4 Å². The summed E-state index contributed by atoms with van der Waals surface area (Å²) in [6.07, 6.45) is 24.7. The normalized spacial score (nSPS) is 20.7. The standard InChI is InChI=1S/C31H32N4O2/c1-22-7-4-13-29(33-22)31-27(21-32-35-31)25-10-5-11-26-24(15-16-25)9-2-3-12-28(26)34-30(36)17-14-23-8-6-19-37-20-18-23/h3-5,7-13,15-16,21H,2,6,14,17-20H2,1H3,(H,32,35)(H,34,36)/b11-5+,16-15-,25-10-. The van der Waals surface area contributed by atoms with Crippen molar-refractivity contribution in [3.05, 3.63) is 113 Å². The number of aromatic nitrogens is 3. The lowest BCUT2D eigenvalue weighted by atomic mass is 9.96. The average molecular weight is 493 g/mol. The lowest BCUT2D eigenvalue weighted by Gasteiger charge is -2.14. The van der Waals surface area contributed by atoms with Crippen LogP contribution in [0.2, 0.25) is 0 Å². The van der Waals surface area contributed by atoms with E-state index >= 15 is 0 Å². The predicted molar refractivity (Wildman–Crippen MR) is 147 cm³/mol. The molecule has 2 aromatic heterocycles. The van der Waals surface area contributed by atoms with Gasteiger partial charge in [0.15, 0.2) is 0 Å². The van der Waals surface area contributed by atoms with E-state index in [2.05, 4.69) is 63.0 Å². The van der Waals surface area contributed by atoms with E-state index in [9.17, 15) is 4.79 Å². The van der Waals surface area contributed by atoms with Crippen molar-refractivity contribution in [1.29, 1.82) is 0 Å². The Kier molecular flexibility index (Phi) is 7.87. The molecule has 1 aliphatic heterocycles. The molecule has 2 aromatic rings. The lowest BCUT2D eigenvalue weighted by Crippen LogP contribution is -2.23. The number of rotatable bonds is 6. The van der Waals surface area contributed by atoms with E-state index in [4.69, 9.17) is 4.74 Å². The number of fused-ring (bicyclic) bond motifs is 1. The van der Waals surface area contributed by atoms with Gasteiger partial charge in [0.05, 0.1) is 18.9 Å². The summed E-state index contributed by atoms with van der Waals surface area (Å²) in [5, 5.41) is 10.6. The molecular formula is C31H32N4O2. The molecule has 0 saturated carbocycles. The third kappa shape index (κ3) is 6.22. The van der Waals surface area contributed by atoms with Crippen LogP contribution in [-0.4, -0.2) is 34.3 Å². The fourth-order valence-corrected chi connectivity index (χ4v) is 4.70. The monoisotopic (exact) mass is 492 g/mol. The Balaban J connectivity index is 1.36. The van der Waals surface area contributed by atoms with Crippen LogP contribution in [-0.2, 0) is 9.53 Å². The van der Waals surface area contributed by atoms with E-state index in [0.717, 1.165) is 84.0 Å². The SMILES string of the molecule is Cc1cccc(-c2n[nH]cc2C2=C\C=C\C3=C(NC(=O)CCC4=CCCOCC4)C=CCC=C3/C=C\2)n1. The number of carbonyl (C=O) groups is 1. The minimum Gasteiger partial charge on any atom is -0.381 e. The number of aryl methyl sites for hydroxylation is 1. The Bertz CT molecular complexity index is 1380. The van der Waals surface area contributed by atoms with Gasteiger partial charge in [0, 0.05) is 35.1 Å². The number of amides is 1. The molecule has 0 radical (unpaired) electrons. The third-order valence-corrected chi connectivity index (χ3v) is 6.63. The van der Waals surface area contributed by atoms with Crippen LogP contribution in [0.15, 0.2) is 101 Å². The predicted octanol–water partition coefficient (Wildman–Crippen LogP) is 6.06. The number of carbonyl (C=O) groups excluding carboxylic acids is 1. The summed E-state index contributed by atoms with van der Waals surface area (Å²) in [5.41, 5.74) is 8.86. The van der Waals surface area contributed by atoms with E-state index in [1.165, 1.54) is 5.57 Å². The number of allylic oxidation sites excluding steroid dienone is 11. The highest BCUT2D eigenvalue weighted by atomic mass is 16.5. The number of H-pyrrole nitrogens is 1. The quantitative estimate of drug-likeness (QED) is 0.480. The molecule has 5 rings (SSSR count). The van der Waals surface area contributed by atoms with E-state index in [1.807, 2.05) is 43.5 Å². The second-order valence-corrected chi connectivity index (χ2v) is 9.31. The third-order valence-electron chi connectivity index (χ3n) is 6.63. The second-order valence-electron chi connectivity index (χ2n) is 9.31. The molecule has 2 N–H and O–H groups in total. The Morgan fingerprint density at radius 1 is 1.11 bits per heavy atom. The van der Waals surface area contributed by atoms with Crippen LogP contribution in [0.25, 0.3) is 17.0 Å². The number of nitrogens with zero attached hydrogens (tertiary/aromatic N) is 2. The van der Waals surface area contributed by atoms with Gasteiger partial charge in [0.2, 0.25) is 5.91 Å². The summed E-state index contributed by atoms with van der Waals surface area (Å²) < 4.78 is 5.51. The molecule has 37 heavy (non-hydrogen) atoms. The maximum absolute atomic E-state index is 12.9. The summed E-state index contributed by atoms with van der Waals surface area (Å²) in [5.74, 6) is 0.0313. The zero-order valence-corrected chi connectivity index (χ0v) is 21.2. The zero-order valence-electron chi connectivity index (χ0n) is 21.2. The van der Waals surface area contributed by atoms with E-state index in [-0.39, 0.29) is 5.91 Å². The summed E-state index contributed by atoms with van der Waals surface area (Å²) in [6.45, 7) is 3.49. The van der Waals surface area contributed by atoms with E-state index in [0.29, 0.717) is 6.42 Å². The first kappa shape index (κ1) is 24.7. The Morgan fingerprint density at radius 3 is 2.95 bits per heavy atom. The zero-order chi connectivity index (χ0) is 25.5. The van der Waals surface area contributed by atoms with Gasteiger partial charge in [-0.15, -0.1) is 0 Å². The van der Waals surface area contributed by atoms with Gasteiger partial charge in [0.25, 0.3) is 0 Å².